The molecule has 2 N–H and O–H groups in total. The van der Waals surface area contributed by atoms with Gasteiger partial charge in [0.25, 0.3) is 5.91 Å². The van der Waals surface area contributed by atoms with Gasteiger partial charge in [-0.2, -0.15) is 0 Å². The van der Waals surface area contributed by atoms with E-state index >= 15 is 0 Å². The van der Waals surface area contributed by atoms with Gasteiger partial charge < -0.3 is 10.4 Å². The van der Waals surface area contributed by atoms with Gasteiger partial charge >= 0.3 is 0 Å². The molecule has 0 unspecified atom stereocenters. The Balaban J connectivity index is 2.17. The average molecular weight is 284 g/mol. The molecular formula is C17H20N2O2. The Hall–Kier alpha value is -2.20. The third-order valence-corrected chi connectivity index (χ3v) is 3.21. The van der Waals surface area contributed by atoms with Crippen LogP contribution in [-0.2, 0) is 0 Å². The molecule has 4 nitrogen and oxygen atoms in total. The molecule has 0 saturated carbocycles. The van der Waals surface area contributed by atoms with Crippen LogP contribution in [-0.4, -0.2) is 28.1 Å². The van der Waals surface area contributed by atoms with Crippen molar-refractivity contribution in [2.75, 3.05) is 6.61 Å². The van der Waals surface area contributed by atoms with E-state index in [-0.39, 0.29) is 12.5 Å². The van der Waals surface area contributed by atoms with E-state index in [1.54, 1.807) is 32.2 Å². The number of pyridine rings is 1. The Morgan fingerprint density at radius 1 is 1.24 bits per heavy atom. The highest BCUT2D eigenvalue weighted by Crippen LogP contribution is 2.18. The second-order valence-electron chi connectivity index (χ2n) is 5.79. The monoisotopic (exact) mass is 284 g/mol. The van der Waals surface area contributed by atoms with Crippen molar-refractivity contribution in [1.82, 2.24) is 10.3 Å². The number of aliphatic hydroxyl groups excluding tert-OH is 1. The first-order valence-corrected chi connectivity index (χ1v) is 6.88. The average Bonchev–Trinajstić information content (AvgIpc) is 2.47. The van der Waals surface area contributed by atoms with Crippen LogP contribution < -0.4 is 5.32 Å². The summed E-state index contributed by atoms with van der Waals surface area (Å²) >= 11 is 0. The van der Waals surface area contributed by atoms with Gasteiger partial charge in [0.05, 0.1) is 17.8 Å². The number of rotatable bonds is 4. The highest BCUT2D eigenvalue weighted by atomic mass is 16.3. The zero-order valence-corrected chi connectivity index (χ0v) is 12.6. The number of aryl methyl sites for hydroxylation is 1. The lowest BCUT2D eigenvalue weighted by Crippen LogP contribution is -2.46. The van der Waals surface area contributed by atoms with Gasteiger partial charge in [-0.3, -0.25) is 9.78 Å². The molecule has 2 aromatic rings. The van der Waals surface area contributed by atoms with E-state index in [4.69, 9.17) is 0 Å². The van der Waals surface area contributed by atoms with Gasteiger partial charge in [-0.1, -0.05) is 12.1 Å². The standard InChI is InChI=1S/C17H20N2O2/c1-12-8-9-18-15(10-12)13-4-6-14(7-5-13)16(21)19-17(2,3)11-20/h4-10,20H,11H2,1-3H3,(H,19,21). The van der Waals surface area contributed by atoms with Crippen LogP contribution in [0.25, 0.3) is 11.3 Å². The lowest BCUT2D eigenvalue weighted by atomic mass is 10.0. The van der Waals surface area contributed by atoms with E-state index < -0.39 is 5.54 Å². The molecule has 0 bridgehead atoms. The van der Waals surface area contributed by atoms with Gasteiger partial charge in [0.1, 0.15) is 0 Å². The highest BCUT2D eigenvalue weighted by Gasteiger charge is 2.19. The molecule has 1 aromatic heterocycles. The van der Waals surface area contributed by atoms with Crippen molar-refractivity contribution >= 4 is 5.91 Å². The maximum atomic E-state index is 12.1. The third-order valence-electron chi connectivity index (χ3n) is 3.21. The van der Waals surface area contributed by atoms with Crippen molar-refractivity contribution in [2.45, 2.75) is 26.3 Å². The maximum Gasteiger partial charge on any atom is 0.251 e. The zero-order chi connectivity index (χ0) is 15.5. The van der Waals surface area contributed by atoms with E-state index in [1.165, 1.54) is 0 Å². The van der Waals surface area contributed by atoms with Gasteiger partial charge in [0.15, 0.2) is 0 Å². The first-order valence-electron chi connectivity index (χ1n) is 6.88. The van der Waals surface area contributed by atoms with E-state index in [9.17, 15) is 9.90 Å². The quantitative estimate of drug-likeness (QED) is 0.907. The van der Waals surface area contributed by atoms with Crippen LogP contribution in [0.15, 0.2) is 42.6 Å². The maximum absolute atomic E-state index is 12.1. The minimum atomic E-state index is -0.631. The lowest BCUT2D eigenvalue weighted by Gasteiger charge is -2.23. The molecule has 0 aliphatic rings. The molecule has 0 aliphatic carbocycles. The van der Waals surface area contributed by atoms with Gasteiger partial charge in [0, 0.05) is 17.3 Å². The minimum Gasteiger partial charge on any atom is -0.394 e. The van der Waals surface area contributed by atoms with Crippen molar-refractivity contribution in [2.24, 2.45) is 0 Å². The summed E-state index contributed by atoms with van der Waals surface area (Å²) in [6.45, 7) is 5.46. The molecule has 0 saturated heterocycles. The van der Waals surface area contributed by atoms with Crippen molar-refractivity contribution in [1.29, 1.82) is 0 Å². The smallest absolute Gasteiger partial charge is 0.251 e. The molecule has 4 heteroatoms. The highest BCUT2D eigenvalue weighted by molar-refractivity contribution is 5.95. The SMILES string of the molecule is Cc1ccnc(-c2ccc(C(=O)NC(C)(C)CO)cc2)c1. The van der Waals surface area contributed by atoms with Crippen molar-refractivity contribution in [3.63, 3.8) is 0 Å². The molecule has 1 heterocycles. The van der Waals surface area contributed by atoms with Crippen LogP contribution in [0.4, 0.5) is 0 Å². The number of nitrogens with one attached hydrogen (secondary N) is 1. The van der Waals surface area contributed by atoms with Crippen LogP contribution in [0.2, 0.25) is 0 Å². The van der Waals surface area contributed by atoms with Crippen LogP contribution in [0, 0.1) is 6.92 Å². The fourth-order valence-corrected chi connectivity index (χ4v) is 1.91. The molecule has 2 rings (SSSR count). The molecule has 0 fully saturated rings. The summed E-state index contributed by atoms with van der Waals surface area (Å²) in [6, 6.07) is 11.2. The zero-order valence-electron chi connectivity index (χ0n) is 12.6. The molecule has 0 aliphatic heterocycles. The summed E-state index contributed by atoms with van der Waals surface area (Å²) in [5, 5.41) is 12.0. The first kappa shape index (κ1) is 15.2. The van der Waals surface area contributed by atoms with E-state index in [1.807, 2.05) is 31.2 Å². The summed E-state index contributed by atoms with van der Waals surface area (Å²) in [5.74, 6) is -0.196. The fourth-order valence-electron chi connectivity index (χ4n) is 1.91. The molecule has 110 valence electrons. The molecule has 0 spiro atoms. The van der Waals surface area contributed by atoms with Crippen molar-refractivity contribution < 1.29 is 9.90 Å². The topological polar surface area (TPSA) is 62.2 Å². The molecule has 0 radical (unpaired) electrons. The summed E-state index contributed by atoms with van der Waals surface area (Å²) in [4.78, 5) is 16.4. The molecular weight excluding hydrogens is 264 g/mol. The number of benzene rings is 1. The summed E-state index contributed by atoms with van der Waals surface area (Å²) in [6.07, 6.45) is 1.77. The molecule has 1 aromatic carbocycles. The van der Waals surface area contributed by atoms with Gasteiger partial charge in [-0.05, 0) is 50.6 Å². The number of carbonyl (C=O) groups is 1. The van der Waals surface area contributed by atoms with Crippen molar-refractivity contribution in [3.05, 3.63) is 53.7 Å². The second-order valence-corrected chi connectivity index (χ2v) is 5.79. The summed E-state index contributed by atoms with van der Waals surface area (Å²) < 4.78 is 0. The number of aromatic nitrogens is 1. The largest absolute Gasteiger partial charge is 0.394 e. The first-order chi connectivity index (χ1) is 9.91. The molecule has 0 atom stereocenters. The predicted octanol–water partition coefficient (Wildman–Crippen LogP) is 2.56. The fraction of sp³-hybridized carbons (Fsp3) is 0.294. The Bertz CT molecular complexity index is 633. The number of carbonyl (C=O) groups excluding carboxylic acids is 1. The van der Waals surface area contributed by atoms with Crippen LogP contribution in [0.1, 0.15) is 29.8 Å². The van der Waals surface area contributed by atoms with Crippen LogP contribution in [0.3, 0.4) is 0 Å². The van der Waals surface area contributed by atoms with Crippen LogP contribution in [0.5, 0.6) is 0 Å². The second kappa shape index (κ2) is 6.06. The molecule has 1 amide bonds. The Morgan fingerprint density at radius 2 is 1.90 bits per heavy atom. The van der Waals surface area contributed by atoms with Crippen molar-refractivity contribution in [3.8, 4) is 11.3 Å². The normalized spacial score (nSPS) is 11.2. The predicted molar refractivity (Wildman–Crippen MR) is 83.0 cm³/mol. The number of nitrogens with zero attached hydrogens (tertiary/aromatic N) is 1. The minimum absolute atomic E-state index is 0.107. The van der Waals surface area contributed by atoms with E-state index in [0.717, 1.165) is 16.8 Å². The Morgan fingerprint density at radius 3 is 2.48 bits per heavy atom. The van der Waals surface area contributed by atoms with Crippen LogP contribution >= 0.6 is 0 Å². The van der Waals surface area contributed by atoms with Gasteiger partial charge in [-0.15, -0.1) is 0 Å². The Labute approximate surface area is 124 Å². The number of aliphatic hydroxyl groups is 1. The van der Waals surface area contributed by atoms with Gasteiger partial charge in [0.2, 0.25) is 0 Å². The summed E-state index contributed by atoms with van der Waals surface area (Å²) in [7, 11) is 0. The van der Waals surface area contributed by atoms with E-state index in [0.29, 0.717) is 5.56 Å². The Kier molecular flexibility index (Phi) is 4.38. The molecule has 21 heavy (non-hydrogen) atoms. The summed E-state index contributed by atoms with van der Waals surface area (Å²) in [5.41, 5.74) is 2.93. The van der Waals surface area contributed by atoms with E-state index in [2.05, 4.69) is 10.3 Å². The number of hydrogen-bond acceptors (Lipinski definition) is 3. The lowest BCUT2D eigenvalue weighted by molar-refractivity contribution is 0.0869. The third kappa shape index (κ3) is 3.89. The number of amides is 1. The van der Waals surface area contributed by atoms with Gasteiger partial charge in [-0.25, -0.2) is 0 Å². The number of hydrogen-bond donors (Lipinski definition) is 2.